The van der Waals surface area contributed by atoms with Gasteiger partial charge in [-0.15, -0.1) is 0 Å². The zero-order valence-corrected chi connectivity index (χ0v) is 21.5. The van der Waals surface area contributed by atoms with E-state index in [0.717, 1.165) is 45.5 Å². The second-order valence-corrected chi connectivity index (χ2v) is 9.90. The lowest BCUT2D eigenvalue weighted by atomic mass is 9.89. The number of rotatable bonds is 6. The highest BCUT2D eigenvalue weighted by Crippen LogP contribution is 2.38. The lowest BCUT2D eigenvalue weighted by Crippen LogP contribution is -2.46. The number of anilines is 1. The lowest BCUT2D eigenvalue weighted by molar-refractivity contribution is -0.123. The third kappa shape index (κ3) is 5.44. The van der Waals surface area contributed by atoms with Crippen molar-refractivity contribution in [1.29, 1.82) is 0 Å². The Morgan fingerprint density at radius 2 is 1.69 bits per heavy atom. The molecule has 4 N–H and O–H groups in total. The van der Waals surface area contributed by atoms with Crippen molar-refractivity contribution in [3.05, 3.63) is 93.5 Å². The first-order valence-electron chi connectivity index (χ1n) is 12.4. The molecule has 0 aliphatic carbocycles. The fourth-order valence-electron chi connectivity index (χ4n) is 5.33. The van der Waals surface area contributed by atoms with Crippen molar-refractivity contribution in [1.82, 2.24) is 5.32 Å². The summed E-state index contributed by atoms with van der Waals surface area (Å²) in [4.78, 5) is 27.5. The smallest absolute Gasteiger partial charge is 0.237 e. The number of carbonyl (C=O) groups is 2. The van der Waals surface area contributed by atoms with Crippen molar-refractivity contribution in [2.45, 2.75) is 59.0 Å². The molecule has 0 spiro atoms. The van der Waals surface area contributed by atoms with Gasteiger partial charge in [-0.25, -0.2) is 0 Å². The van der Waals surface area contributed by atoms with Crippen molar-refractivity contribution in [3.63, 3.8) is 0 Å². The second-order valence-electron chi connectivity index (χ2n) is 9.90. The first-order valence-corrected chi connectivity index (χ1v) is 12.4. The van der Waals surface area contributed by atoms with Crippen LogP contribution in [-0.2, 0) is 22.4 Å². The van der Waals surface area contributed by atoms with Crippen LogP contribution in [0.25, 0.3) is 0 Å². The SMILES string of the molecule is CC(=O)N1CCC(NC(=O)C(N)Cc2c(C)cc(O)cc2C)c2cc(Cc3ccccc3)cc(C)c21. The van der Waals surface area contributed by atoms with Crippen LogP contribution >= 0.6 is 0 Å². The van der Waals surface area contributed by atoms with Gasteiger partial charge < -0.3 is 21.1 Å². The zero-order valence-electron chi connectivity index (χ0n) is 21.5. The molecule has 0 saturated carbocycles. The number of amides is 2. The molecule has 0 aromatic heterocycles. The summed E-state index contributed by atoms with van der Waals surface area (Å²) < 4.78 is 0. The molecule has 3 aromatic carbocycles. The van der Waals surface area contributed by atoms with Gasteiger partial charge in [-0.3, -0.25) is 9.59 Å². The first kappa shape index (κ1) is 25.5. The standard InChI is InChI=1S/C30H35N3O3/c1-18-13-24(35)14-19(2)25(18)17-27(31)30(36)32-28-10-11-33(21(4)34)29-20(3)12-23(16-26(28)29)15-22-8-6-5-7-9-22/h5-9,12-14,16,27-28,35H,10-11,15,17,31H2,1-4H3,(H,32,36). The molecular weight excluding hydrogens is 450 g/mol. The number of phenolic OH excluding ortho intramolecular Hbond substituents is 1. The molecule has 2 atom stereocenters. The third-order valence-corrected chi connectivity index (χ3v) is 7.07. The van der Waals surface area contributed by atoms with Crippen molar-refractivity contribution < 1.29 is 14.7 Å². The summed E-state index contributed by atoms with van der Waals surface area (Å²) in [7, 11) is 0. The maximum atomic E-state index is 13.2. The van der Waals surface area contributed by atoms with Crippen LogP contribution in [0.15, 0.2) is 54.6 Å². The van der Waals surface area contributed by atoms with Crippen molar-refractivity contribution in [3.8, 4) is 5.75 Å². The van der Waals surface area contributed by atoms with Gasteiger partial charge >= 0.3 is 0 Å². The highest BCUT2D eigenvalue weighted by atomic mass is 16.3. The summed E-state index contributed by atoms with van der Waals surface area (Å²) in [6, 6.07) is 16.9. The number of aryl methyl sites for hydroxylation is 3. The molecule has 1 aliphatic heterocycles. The number of nitrogens with two attached hydrogens (primary N) is 1. The molecule has 2 amide bonds. The summed E-state index contributed by atoms with van der Waals surface area (Å²) >= 11 is 0. The summed E-state index contributed by atoms with van der Waals surface area (Å²) in [5.41, 5.74) is 14.4. The van der Waals surface area contributed by atoms with E-state index >= 15 is 0 Å². The Kier molecular flexibility index (Phi) is 7.45. The maximum absolute atomic E-state index is 13.2. The van der Waals surface area contributed by atoms with Crippen LogP contribution in [0.1, 0.15) is 58.3 Å². The van der Waals surface area contributed by atoms with Gasteiger partial charge in [0, 0.05) is 13.5 Å². The highest BCUT2D eigenvalue weighted by Gasteiger charge is 2.31. The van der Waals surface area contributed by atoms with Gasteiger partial charge in [0.15, 0.2) is 0 Å². The van der Waals surface area contributed by atoms with Gasteiger partial charge in [0.25, 0.3) is 0 Å². The molecule has 3 aromatic rings. The minimum Gasteiger partial charge on any atom is -0.508 e. The average molecular weight is 486 g/mol. The molecule has 0 bridgehead atoms. The monoisotopic (exact) mass is 485 g/mol. The van der Waals surface area contributed by atoms with Crippen LogP contribution in [0.5, 0.6) is 5.75 Å². The van der Waals surface area contributed by atoms with E-state index in [-0.39, 0.29) is 23.6 Å². The molecule has 1 aliphatic rings. The van der Waals surface area contributed by atoms with E-state index in [9.17, 15) is 14.7 Å². The second kappa shape index (κ2) is 10.5. The number of nitrogens with one attached hydrogen (secondary N) is 1. The number of phenols is 1. The van der Waals surface area contributed by atoms with Crippen molar-refractivity contribution in [2.24, 2.45) is 5.73 Å². The molecule has 188 valence electrons. The maximum Gasteiger partial charge on any atom is 0.237 e. The largest absolute Gasteiger partial charge is 0.508 e. The average Bonchev–Trinajstić information content (AvgIpc) is 2.82. The topological polar surface area (TPSA) is 95.7 Å². The lowest BCUT2D eigenvalue weighted by Gasteiger charge is -2.36. The van der Waals surface area contributed by atoms with E-state index in [1.165, 1.54) is 5.56 Å². The molecule has 4 rings (SSSR count). The Morgan fingerprint density at radius 1 is 1.03 bits per heavy atom. The molecule has 1 heterocycles. The highest BCUT2D eigenvalue weighted by molar-refractivity contribution is 5.94. The van der Waals surface area contributed by atoms with Gasteiger partial charge in [0.2, 0.25) is 11.8 Å². The minimum absolute atomic E-state index is 0.00471. The van der Waals surface area contributed by atoms with Gasteiger partial charge in [-0.05, 0) is 91.1 Å². The summed E-state index contributed by atoms with van der Waals surface area (Å²) in [6.45, 7) is 7.97. The molecule has 0 fully saturated rings. The normalized spacial score (nSPS) is 15.8. The van der Waals surface area contributed by atoms with Crippen LogP contribution in [0.2, 0.25) is 0 Å². The van der Waals surface area contributed by atoms with E-state index in [2.05, 4.69) is 29.6 Å². The number of aromatic hydroxyl groups is 1. The third-order valence-electron chi connectivity index (χ3n) is 7.07. The number of carbonyl (C=O) groups excluding carboxylic acids is 2. The Balaban J connectivity index is 1.60. The van der Waals surface area contributed by atoms with Crippen molar-refractivity contribution >= 4 is 17.5 Å². The Labute approximate surface area is 213 Å². The molecule has 0 radical (unpaired) electrons. The summed E-state index contributed by atoms with van der Waals surface area (Å²) in [5, 5.41) is 13.0. The molecule has 2 unspecified atom stereocenters. The number of nitrogens with zero attached hydrogens (tertiary/aromatic N) is 1. The molecule has 6 heteroatoms. The van der Waals surface area contributed by atoms with Crippen LogP contribution < -0.4 is 16.0 Å². The number of hydrogen-bond acceptors (Lipinski definition) is 4. The predicted octanol–water partition coefficient (Wildman–Crippen LogP) is 4.39. The van der Waals surface area contributed by atoms with Gasteiger partial charge in [-0.1, -0.05) is 42.5 Å². The first-order chi connectivity index (χ1) is 17.1. The summed E-state index contributed by atoms with van der Waals surface area (Å²) in [5.74, 6) is -0.0163. The van der Waals surface area contributed by atoms with Gasteiger partial charge in [-0.2, -0.15) is 0 Å². The summed E-state index contributed by atoms with van der Waals surface area (Å²) in [6.07, 6.45) is 1.78. The molecule has 0 saturated heterocycles. The predicted molar refractivity (Wildman–Crippen MR) is 143 cm³/mol. The Bertz CT molecular complexity index is 1260. The minimum atomic E-state index is -0.727. The van der Waals surface area contributed by atoms with E-state index in [1.54, 1.807) is 19.1 Å². The fraction of sp³-hybridized carbons (Fsp3) is 0.333. The molecule has 6 nitrogen and oxygen atoms in total. The number of hydrogen-bond donors (Lipinski definition) is 3. The Hall–Kier alpha value is -3.64. The van der Waals surface area contributed by atoms with E-state index in [1.807, 2.05) is 43.9 Å². The Morgan fingerprint density at radius 3 is 2.33 bits per heavy atom. The molecular formula is C30H35N3O3. The van der Waals surface area contributed by atoms with Gasteiger partial charge in [0.1, 0.15) is 5.75 Å². The van der Waals surface area contributed by atoms with E-state index in [0.29, 0.717) is 19.4 Å². The quantitative estimate of drug-likeness (QED) is 0.482. The van der Waals surface area contributed by atoms with Crippen LogP contribution in [0.4, 0.5) is 5.69 Å². The van der Waals surface area contributed by atoms with Crippen LogP contribution in [0, 0.1) is 20.8 Å². The van der Waals surface area contributed by atoms with Crippen LogP contribution in [-0.4, -0.2) is 29.5 Å². The van der Waals surface area contributed by atoms with Gasteiger partial charge in [0.05, 0.1) is 17.8 Å². The molecule has 36 heavy (non-hydrogen) atoms. The van der Waals surface area contributed by atoms with E-state index < -0.39 is 6.04 Å². The van der Waals surface area contributed by atoms with E-state index in [4.69, 9.17) is 5.73 Å². The zero-order chi connectivity index (χ0) is 26.0. The fourth-order valence-corrected chi connectivity index (χ4v) is 5.33. The number of fused-ring (bicyclic) bond motifs is 1. The number of benzene rings is 3. The van der Waals surface area contributed by atoms with Crippen molar-refractivity contribution in [2.75, 3.05) is 11.4 Å². The van der Waals surface area contributed by atoms with Crippen LogP contribution in [0.3, 0.4) is 0 Å².